The molecule has 4 rings (SSSR count). The van der Waals surface area contributed by atoms with E-state index in [1.54, 1.807) is 18.2 Å². The van der Waals surface area contributed by atoms with Gasteiger partial charge < -0.3 is 20.3 Å². The maximum atomic E-state index is 13.7. The largest absolute Gasteiger partial charge is 0.421 e. The van der Waals surface area contributed by atoms with Crippen LogP contribution in [0.2, 0.25) is 0 Å². The van der Waals surface area contributed by atoms with Gasteiger partial charge in [-0.3, -0.25) is 9.63 Å². The Labute approximate surface area is 199 Å². The van der Waals surface area contributed by atoms with Crippen molar-refractivity contribution in [1.29, 1.82) is 0 Å². The number of rotatable bonds is 7. The highest BCUT2D eigenvalue weighted by atomic mass is 19.4. The fourth-order valence-corrected chi connectivity index (χ4v) is 3.54. The summed E-state index contributed by atoms with van der Waals surface area (Å²) >= 11 is 0. The van der Waals surface area contributed by atoms with Crippen LogP contribution < -0.4 is 21.0 Å². The van der Waals surface area contributed by atoms with Crippen LogP contribution in [0, 0.1) is 0 Å². The van der Waals surface area contributed by atoms with Crippen LogP contribution >= 0.6 is 0 Å². The normalized spacial score (nSPS) is 13.9. The number of benzene rings is 2. The third-order valence-electron chi connectivity index (χ3n) is 5.19. The molecule has 1 aliphatic heterocycles. The summed E-state index contributed by atoms with van der Waals surface area (Å²) < 4.78 is 46.5. The maximum absolute atomic E-state index is 13.7. The summed E-state index contributed by atoms with van der Waals surface area (Å²) in [4.78, 5) is 27.0. The van der Waals surface area contributed by atoms with Crippen molar-refractivity contribution in [2.24, 2.45) is 0 Å². The number of carbonyl (C=O) groups is 1. The lowest BCUT2D eigenvalue weighted by molar-refractivity contribution is -0.137. The molecule has 35 heavy (non-hydrogen) atoms. The van der Waals surface area contributed by atoms with Crippen LogP contribution in [-0.4, -0.2) is 49.3 Å². The molecule has 1 fully saturated rings. The first-order chi connectivity index (χ1) is 16.8. The summed E-state index contributed by atoms with van der Waals surface area (Å²) in [5.74, 6) is -1.17. The number of amides is 1. The summed E-state index contributed by atoms with van der Waals surface area (Å²) in [6, 6.07) is 13.5. The molecule has 0 radical (unpaired) electrons. The molecule has 2 aromatic carbocycles. The monoisotopic (exact) mass is 488 g/mol. The predicted molar refractivity (Wildman–Crippen MR) is 124 cm³/mol. The lowest BCUT2D eigenvalue weighted by Crippen LogP contribution is -2.36. The van der Waals surface area contributed by atoms with Gasteiger partial charge in [-0.05, 0) is 30.3 Å². The first-order valence-corrected chi connectivity index (χ1v) is 10.7. The van der Waals surface area contributed by atoms with Gasteiger partial charge in [0.15, 0.2) is 0 Å². The van der Waals surface area contributed by atoms with Crippen LogP contribution in [0.4, 0.5) is 42.0 Å². The molecule has 3 aromatic rings. The van der Waals surface area contributed by atoms with Crippen LogP contribution in [0.3, 0.4) is 0 Å². The second kappa shape index (κ2) is 10.6. The Morgan fingerprint density at radius 2 is 1.86 bits per heavy atom. The maximum Gasteiger partial charge on any atom is 0.421 e. The molecule has 9 nitrogen and oxygen atoms in total. The van der Waals surface area contributed by atoms with Crippen molar-refractivity contribution in [2.45, 2.75) is 6.18 Å². The van der Waals surface area contributed by atoms with Gasteiger partial charge in [0.25, 0.3) is 5.91 Å². The van der Waals surface area contributed by atoms with Gasteiger partial charge in [-0.2, -0.15) is 18.2 Å². The molecule has 1 amide bonds. The summed E-state index contributed by atoms with van der Waals surface area (Å²) in [5, 5.41) is 5.59. The van der Waals surface area contributed by atoms with Gasteiger partial charge in [0.2, 0.25) is 5.95 Å². The summed E-state index contributed by atoms with van der Waals surface area (Å²) in [6.45, 7) is 2.73. The molecule has 0 saturated carbocycles. The highest BCUT2D eigenvalue weighted by molar-refractivity contribution is 5.99. The number of nitrogens with one attached hydrogen (secondary N) is 3. The Kier molecular flexibility index (Phi) is 7.32. The van der Waals surface area contributed by atoms with E-state index in [2.05, 4.69) is 35.8 Å². The highest BCUT2D eigenvalue weighted by Crippen LogP contribution is 2.36. The van der Waals surface area contributed by atoms with Crippen molar-refractivity contribution in [3.05, 3.63) is 65.9 Å². The van der Waals surface area contributed by atoms with Crippen LogP contribution in [0.15, 0.2) is 54.7 Å². The molecule has 1 aliphatic rings. The van der Waals surface area contributed by atoms with Crippen LogP contribution in [0.25, 0.3) is 0 Å². The lowest BCUT2D eigenvalue weighted by atomic mass is 10.1. The minimum atomic E-state index is -4.72. The number of carbonyl (C=O) groups excluding carboxylic acids is 1. The summed E-state index contributed by atoms with van der Waals surface area (Å²) in [5.41, 5.74) is 2.83. The van der Waals surface area contributed by atoms with Crippen molar-refractivity contribution in [3.63, 3.8) is 0 Å². The molecule has 0 atom stereocenters. The molecule has 0 unspecified atom stereocenters. The average Bonchev–Trinajstić information content (AvgIpc) is 2.85. The van der Waals surface area contributed by atoms with E-state index in [0.717, 1.165) is 18.8 Å². The van der Waals surface area contributed by atoms with E-state index < -0.39 is 23.5 Å². The zero-order chi connectivity index (χ0) is 24.8. The first kappa shape index (κ1) is 24.2. The van der Waals surface area contributed by atoms with E-state index in [-0.39, 0.29) is 17.2 Å². The topological polar surface area (TPSA) is 101 Å². The third kappa shape index (κ3) is 5.97. The predicted octanol–water partition coefficient (Wildman–Crippen LogP) is 4.11. The number of hydrogen-bond acceptors (Lipinski definition) is 8. The Balaban J connectivity index is 1.63. The number of para-hydroxylation sites is 1. The van der Waals surface area contributed by atoms with Gasteiger partial charge in [-0.15, -0.1) is 0 Å². The average molecular weight is 488 g/mol. The fraction of sp³-hybridized carbons (Fsp3) is 0.261. The molecular formula is C23H23F3N6O3. The number of morpholine rings is 1. The molecule has 184 valence electrons. The molecule has 2 heterocycles. The van der Waals surface area contributed by atoms with Crippen molar-refractivity contribution < 1.29 is 27.5 Å². The number of hydrogen-bond donors (Lipinski definition) is 3. The quantitative estimate of drug-likeness (QED) is 0.428. The first-order valence-electron chi connectivity index (χ1n) is 10.7. The minimum absolute atomic E-state index is 0.0431. The van der Waals surface area contributed by atoms with E-state index in [4.69, 9.17) is 4.74 Å². The number of hydroxylamine groups is 1. The number of nitrogens with zero attached hydrogens (tertiary/aromatic N) is 3. The molecule has 1 aromatic heterocycles. The molecular weight excluding hydrogens is 465 g/mol. The van der Waals surface area contributed by atoms with Crippen LogP contribution in [0.1, 0.15) is 15.9 Å². The van der Waals surface area contributed by atoms with E-state index in [9.17, 15) is 18.0 Å². The van der Waals surface area contributed by atoms with Crippen molar-refractivity contribution >= 4 is 34.7 Å². The Hall–Kier alpha value is -3.90. The molecule has 0 aliphatic carbocycles. The van der Waals surface area contributed by atoms with Gasteiger partial charge in [0.05, 0.1) is 31.6 Å². The third-order valence-corrected chi connectivity index (χ3v) is 5.19. The Morgan fingerprint density at radius 1 is 1.09 bits per heavy atom. The van der Waals surface area contributed by atoms with E-state index in [0.29, 0.717) is 25.1 Å². The number of anilines is 5. The van der Waals surface area contributed by atoms with Gasteiger partial charge in [-0.25, -0.2) is 10.5 Å². The molecule has 12 heteroatoms. The fourth-order valence-electron chi connectivity index (χ4n) is 3.54. The lowest BCUT2D eigenvalue weighted by Gasteiger charge is -2.29. The standard InChI is InChI=1S/C23H23F3N6O3/c1-34-31-21(33)17-7-2-3-8-19(17)29-20-18(23(24,25)26)14-27-22(30-20)28-15-5-4-6-16(13-15)32-9-11-35-12-10-32/h2-8,13-14H,9-12H2,1H3,(H,31,33)(H2,27,28,29,30). The van der Waals surface area contributed by atoms with Crippen molar-refractivity contribution in [2.75, 3.05) is 48.9 Å². The van der Waals surface area contributed by atoms with E-state index in [1.165, 1.54) is 19.2 Å². The van der Waals surface area contributed by atoms with Gasteiger partial charge in [-0.1, -0.05) is 18.2 Å². The number of aromatic nitrogens is 2. The van der Waals surface area contributed by atoms with Crippen LogP contribution in [-0.2, 0) is 15.8 Å². The van der Waals surface area contributed by atoms with Gasteiger partial charge in [0, 0.05) is 30.7 Å². The Morgan fingerprint density at radius 3 is 2.60 bits per heavy atom. The zero-order valence-electron chi connectivity index (χ0n) is 18.7. The van der Waals surface area contributed by atoms with Gasteiger partial charge >= 0.3 is 6.18 Å². The molecule has 0 spiro atoms. The summed E-state index contributed by atoms with van der Waals surface area (Å²) in [7, 11) is 1.26. The minimum Gasteiger partial charge on any atom is -0.378 e. The SMILES string of the molecule is CONC(=O)c1ccccc1Nc1nc(Nc2cccc(N3CCOCC3)c2)ncc1C(F)(F)F. The number of halogens is 3. The second-order valence-corrected chi connectivity index (χ2v) is 7.53. The number of ether oxygens (including phenoxy) is 1. The number of alkyl halides is 3. The second-order valence-electron chi connectivity index (χ2n) is 7.53. The zero-order valence-corrected chi connectivity index (χ0v) is 18.7. The molecule has 0 bridgehead atoms. The van der Waals surface area contributed by atoms with E-state index in [1.807, 2.05) is 18.2 Å². The van der Waals surface area contributed by atoms with Crippen LogP contribution in [0.5, 0.6) is 0 Å². The van der Waals surface area contributed by atoms with Crippen molar-refractivity contribution in [1.82, 2.24) is 15.4 Å². The molecule has 3 N–H and O–H groups in total. The smallest absolute Gasteiger partial charge is 0.378 e. The van der Waals surface area contributed by atoms with Crippen molar-refractivity contribution in [3.8, 4) is 0 Å². The highest BCUT2D eigenvalue weighted by Gasteiger charge is 2.35. The summed E-state index contributed by atoms with van der Waals surface area (Å²) in [6.07, 6.45) is -4.03. The van der Waals surface area contributed by atoms with Gasteiger partial charge in [0.1, 0.15) is 11.4 Å². The van der Waals surface area contributed by atoms with E-state index >= 15 is 0 Å². The molecule has 1 saturated heterocycles. The Bertz CT molecular complexity index is 1190.